The molecule has 0 radical (unpaired) electrons. The third-order valence-electron chi connectivity index (χ3n) is 10.9. The number of fused-ring (bicyclic) bond motifs is 3. The maximum absolute atomic E-state index is 12.7. The highest BCUT2D eigenvalue weighted by Crippen LogP contribution is 2.80. The Balaban J connectivity index is 1.59. The average molecular weight is 387 g/mol. The van der Waals surface area contributed by atoms with Gasteiger partial charge < -0.3 is 10.2 Å². The van der Waals surface area contributed by atoms with E-state index in [2.05, 4.69) is 26.5 Å². The van der Waals surface area contributed by atoms with Gasteiger partial charge in [0.05, 0.1) is 6.10 Å². The third-order valence-corrected chi connectivity index (χ3v) is 10.9. The number of aliphatic hydroxyl groups is 2. The van der Waals surface area contributed by atoms with Crippen LogP contribution in [0, 0.1) is 51.8 Å². The van der Waals surface area contributed by atoms with Crippen molar-refractivity contribution in [1.82, 2.24) is 0 Å². The minimum atomic E-state index is -0.302. The summed E-state index contributed by atoms with van der Waals surface area (Å²) in [6, 6.07) is 0. The predicted molar refractivity (Wildman–Crippen MR) is 109 cm³/mol. The molecule has 5 saturated carbocycles. The van der Waals surface area contributed by atoms with E-state index in [1.807, 2.05) is 0 Å². The van der Waals surface area contributed by atoms with E-state index in [0.29, 0.717) is 34.5 Å². The van der Waals surface area contributed by atoms with Crippen molar-refractivity contribution >= 4 is 5.78 Å². The monoisotopic (exact) mass is 386 g/mol. The molecule has 5 aliphatic carbocycles. The van der Waals surface area contributed by atoms with Gasteiger partial charge in [-0.05, 0) is 104 Å². The van der Waals surface area contributed by atoms with Crippen LogP contribution < -0.4 is 0 Å². The minimum Gasteiger partial charge on any atom is -0.393 e. The van der Waals surface area contributed by atoms with Crippen molar-refractivity contribution in [3.8, 4) is 0 Å². The number of allylic oxidation sites excluding steroid dienone is 1. The molecule has 0 saturated heterocycles. The number of rotatable bonds is 3. The summed E-state index contributed by atoms with van der Waals surface area (Å²) in [7, 11) is 0. The zero-order valence-electron chi connectivity index (χ0n) is 17.7. The molecule has 5 fully saturated rings. The Hall–Kier alpha value is -0.670. The van der Waals surface area contributed by atoms with Crippen molar-refractivity contribution in [1.29, 1.82) is 0 Å². The molecule has 0 spiro atoms. The Kier molecular flexibility index (Phi) is 4.25. The topological polar surface area (TPSA) is 57.5 Å². The molecule has 0 aromatic carbocycles. The highest BCUT2D eigenvalue weighted by atomic mass is 16.3. The van der Waals surface area contributed by atoms with E-state index in [0.717, 1.165) is 44.4 Å². The van der Waals surface area contributed by atoms with Crippen molar-refractivity contribution in [2.24, 2.45) is 51.8 Å². The molecule has 3 nitrogen and oxygen atoms in total. The highest BCUT2D eigenvalue weighted by molar-refractivity contribution is 5.83. The number of hydrogen-bond acceptors (Lipinski definition) is 3. The van der Waals surface area contributed by atoms with Crippen LogP contribution in [0.15, 0.2) is 12.7 Å². The average Bonchev–Trinajstić information content (AvgIpc) is 3.30. The summed E-state index contributed by atoms with van der Waals surface area (Å²) in [5, 5.41) is 20.0. The van der Waals surface area contributed by atoms with Gasteiger partial charge in [0.1, 0.15) is 6.61 Å². The van der Waals surface area contributed by atoms with E-state index >= 15 is 0 Å². The molecule has 2 bridgehead atoms. The van der Waals surface area contributed by atoms with Gasteiger partial charge in [-0.2, -0.15) is 0 Å². The normalized spacial score (nSPS) is 57.2. The van der Waals surface area contributed by atoms with Crippen LogP contribution in [-0.2, 0) is 4.79 Å². The SMILES string of the molecule is C=CC1CC2(C)C(C(=O)CO)CCC2C23CCC4CC(O)CCC4(C)C1C2C3. The van der Waals surface area contributed by atoms with Crippen LogP contribution in [-0.4, -0.2) is 28.7 Å². The summed E-state index contributed by atoms with van der Waals surface area (Å²) in [6.45, 7) is 8.89. The Labute approximate surface area is 170 Å². The van der Waals surface area contributed by atoms with Crippen LogP contribution >= 0.6 is 0 Å². The fourth-order valence-corrected chi connectivity index (χ4v) is 9.64. The van der Waals surface area contributed by atoms with Gasteiger partial charge in [-0.25, -0.2) is 0 Å². The molecule has 0 aliphatic heterocycles. The highest BCUT2D eigenvalue weighted by Gasteiger charge is 2.74. The third kappa shape index (κ3) is 2.32. The number of Topliss-reactive ketones (excluding diaryl/α,β-unsaturated/α-hetero) is 1. The number of aliphatic hydroxyl groups excluding tert-OH is 2. The molecular weight excluding hydrogens is 348 g/mol. The van der Waals surface area contributed by atoms with Crippen LogP contribution in [0.5, 0.6) is 0 Å². The zero-order chi connectivity index (χ0) is 19.9. The maximum atomic E-state index is 12.7. The molecule has 2 N–H and O–H groups in total. The van der Waals surface area contributed by atoms with Gasteiger partial charge >= 0.3 is 0 Å². The van der Waals surface area contributed by atoms with Crippen LogP contribution in [0.4, 0.5) is 0 Å². The van der Waals surface area contributed by atoms with Crippen LogP contribution in [0.1, 0.15) is 71.6 Å². The first kappa shape index (κ1) is 19.3. The second-order valence-corrected chi connectivity index (χ2v) is 11.7. The first-order chi connectivity index (χ1) is 13.3. The second-order valence-electron chi connectivity index (χ2n) is 11.7. The zero-order valence-corrected chi connectivity index (χ0v) is 17.7. The second kappa shape index (κ2) is 6.17. The predicted octanol–water partition coefficient (Wildman–Crippen LogP) is 4.37. The van der Waals surface area contributed by atoms with Gasteiger partial charge in [0.25, 0.3) is 0 Å². The van der Waals surface area contributed by atoms with Gasteiger partial charge in [0.15, 0.2) is 5.78 Å². The van der Waals surface area contributed by atoms with E-state index in [1.54, 1.807) is 0 Å². The van der Waals surface area contributed by atoms with Crippen molar-refractivity contribution in [3.05, 3.63) is 12.7 Å². The number of carbonyl (C=O) groups excluding carboxylic acids is 1. The lowest BCUT2D eigenvalue weighted by Gasteiger charge is -2.51. The largest absolute Gasteiger partial charge is 0.393 e. The summed E-state index contributed by atoms with van der Waals surface area (Å²) < 4.78 is 0. The lowest BCUT2D eigenvalue weighted by Crippen LogP contribution is -2.46. The summed E-state index contributed by atoms with van der Waals surface area (Å²) >= 11 is 0. The lowest BCUT2D eigenvalue weighted by atomic mass is 9.54. The van der Waals surface area contributed by atoms with E-state index in [9.17, 15) is 15.0 Å². The Morgan fingerprint density at radius 1 is 1.11 bits per heavy atom. The Morgan fingerprint density at radius 2 is 1.89 bits per heavy atom. The van der Waals surface area contributed by atoms with E-state index in [-0.39, 0.29) is 29.8 Å². The fourth-order valence-electron chi connectivity index (χ4n) is 9.64. The molecule has 0 amide bonds. The van der Waals surface area contributed by atoms with Crippen LogP contribution in [0.2, 0.25) is 0 Å². The maximum Gasteiger partial charge on any atom is 0.161 e. The standard InChI is InChI=1S/C25H38O3/c1-4-15-12-24(3)18(20(28)14-26)5-6-21(24)25-10-7-16-11-17(27)8-9-23(16,2)22(15)19(25)13-25/h4,15-19,21-22,26-27H,1,5-14H2,2-3H3. The van der Waals surface area contributed by atoms with E-state index < -0.39 is 0 Å². The number of hydrogen-bond donors (Lipinski definition) is 2. The minimum absolute atomic E-state index is 0.0134. The van der Waals surface area contributed by atoms with Gasteiger partial charge in [0, 0.05) is 5.92 Å². The molecule has 0 aromatic heterocycles. The summed E-state index contributed by atoms with van der Waals surface area (Å²) in [5.74, 6) is 3.22. The first-order valence-electron chi connectivity index (χ1n) is 11.7. The molecule has 0 aromatic rings. The van der Waals surface area contributed by atoms with Crippen LogP contribution in [0.3, 0.4) is 0 Å². The molecule has 5 aliphatic rings. The van der Waals surface area contributed by atoms with Gasteiger partial charge in [-0.3, -0.25) is 4.79 Å². The van der Waals surface area contributed by atoms with Crippen molar-refractivity contribution in [2.45, 2.75) is 77.7 Å². The molecule has 0 heterocycles. The molecule has 10 unspecified atom stereocenters. The Bertz CT molecular complexity index is 687. The van der Waals surface area contributed by atoms with Crippen molar-refractivity contribution < 1.29 is 15.0 Å². The number of carbonyl (C=O) groups is 1. The van der Waals surface area contributed by atoms with Crippen LogP contribution in [0.25, 0.3) is 0 Å². The van der Waals surface area contributed by atoms with E-state index in [1.165, 1.54) is 19.3 Å². The lowest BCUT2D eigenvalue weighted by molar-refractivity contribution is -0.130. The van der Waals surface area contributed by atoms with Gasteiger partial charge in [0.2, 0.25) is 0 Å². The smallest absolute Gasteiger partial charge is 0.161 e. The first-order valence-corrected chi connectivity index (χ1v) is 11.7. The number of ketones is 1. The summed E-state index contributed by atoms with van der Waals surface area (Å²) in [6.07, 6.45) is 12.2. The molecule has 28 heavy (non-hydrogen) atoms. The summed E-state index contributed by atoms with van der Waals surface area (Å²) in [5.41, 5.74) is 0.721. The van der Waals surface area contributed by atoms with Gasteiger partial charge in [-0.1, -0.05) is 19.9 Å². The molecular formula is C25H38O3. The quantitative estimate of drug-likeness (QED) is 0.708. The summed E-state index contributed by atoms with van der Waals surface area (Å²) in [4.78, 5) is 12.7. The van der Waals surface area contributed by atoms with Crippen molar-refractivity contribution in [2.75, 3.05) is 6.61 Å². The fraction of sp³-hybridized carbons (Fsp3) is 0.880. The Morgan fingerprint density at radius 3 is 2.61 bits per heavy atom. The molecule has 5 rings (SSSR count). The van der Waals surface area contributed by atoms with E-state index in [4.69, 9.17) is 0 Å². The molecule has 10 atom stereocenters. The van der Waals surface area contributed by atoms with Gasteiger partial charge in [-0.15, -0.1) is 6.58 Å². The molecule has 156 valence electrons. The molecule has 3 heteroatoms. The van der Waals surface area contributed by atoms with Crippen molar-refractivity contribution in [3.63, 3.8) is 0 Å².